The molecule has 5 aliphatic rings. The van der Waals surface area contributed by atoms with Gasteiger partial charge in [-0.2, -0.15) is 36.0 Å². The van der Waals surface area contributed by atoms with Crippen molar-refractivity contribution in [3.63, 3.8) is 0 Å². The van der Waals surface area contributed by atoms with Crippen LogP contribution in [0.4, 0.5) is 0 Å². The van der Waals surface area contributed by atoms with Crippen LogP contribution in [0.25, 0.3) is 0 Å². The Morgan fingerprint density at radius 1 is 0.433 bits per heavy atom. The third kappa shape index (κ3) is 5.18. The fourth-order valence-electron chi connectivity index (χ4n) is 3.31. The first-order valence-corrected chi connectivity index (χ1v) is 25.2. The summed E-state index contributed by atoms with van der Waals surface area (Å²) in [6, 6.07) is 0. The molecular weight excluding hydrogens is 678 g/mol. The monoisotopic (exact) mass is 692 g/mol. The van der Waals surface area contributed by atoms with Crippen molar-refractivity contribution in [1.29, 1.82) is 0 Å². The summed E-state index contributed by atoms with van der Waals surface area (Å²) in [6.07, 6.45) is 0. The summed E-state index contributed by atoms with van der Waals surface area (Å²) in [6.45, 7) is 11.7. The molecule has 176 valence electrons. The third-order valence-electron chi connectivity index (χ3n) is 3.56. The summed E-state index contributed by atoms with van der Waals surface area (Å²) in [7, 11) is -6.36. The van der Waals surface area contributed by atoms with E-state index in [0.29, 0.717) is 0 Å². The van der Waals surface area contributed by atoms with Gasteiger partial charge in [0.2, 0.25) is 15.0 Å². The molecule has 2 bridgehead atoms. The molecule has 0 spiro atoms. The molecule has 0 saturated carbocycles. The van der Waals surface area contributed by atoms with E-state index in [9.17, 15) is 0 Å². The second-order valence-corrected chi connectivity index (χ2v) is 34.1. The molecule has 0 N–H and O–H groups in total. The average molecular weight is 696 g/mol. The normalized spacial score (nSPS) is 37.0. The van der Waals surface area contributed by atoms with Crippen LogP contribution < -0.4 is 0 Å². The lowest BCUT2D eigenvalue weighted by molar-refractivity contribution is 0.272. The second-order valence-electron chi connectivity index (χ2n) is 8.35. The van der Waals surface area contributed by atoms with Gasteiger partial charge in [-0.3, -0.25) is 0 Å². The Bertz CT molecular complexity index is 1020. The molecule has 22 heteroatoms. The molecule has 5 rings (SSSR count). The number of fused-ring (bicyclic) bond motifs is 4. The molecule has 0 atom stereocenters. The zero-order valence-electron chi connectivity index (χ0n) is 16.3. The van der Waals surface area contributed by atoms with Gasteiger partial charge in [0.1, 0.15) is 0 Å². The third-order valence-corrected chi connectivity index (χ3v) is 31.3. The maximum Gasteiger partial charge on any atom is 0.257 e. The van der Waals surface area contributed by atoms with Crippen molar-refractivity contribution < 1.29 is 0 Å². The highest BCUT2D eigenvalue weighted by molar-refractivity contribution is 8.24. The van der Waals surface area contributed by atoms with Crippen molar-refractivity contribution in [2.45, 2.75) is 52.6 Å². The molecule has 0 aromatic heterocycles. The molecule has 1 fully saturated rings. The van der Waals surface area contributed by atoms with Gasteiger partial charge in [-0.25, -0.2) is 0 Å². The van der Waals surface area contributed by atoms with Crippen molar-refractivity contribution in [2.75, 3.05) is 0 Å². The van der Waals surface area contributed by atoms with Crippen molar-refractivity contribution in [3.8, 4) is 0 Å². The predicted molar refractivity (Wildman–Crippen MR) is 146 cm³/mol. The highest BCUT2D eigenvalue weighted by Crippen LogP contribution is 3.04. The first-order valence-electron chi connectivity index (χ1n) is 8.00. The van der Waals surface area contributed by atoms with Crippen LogP contribution in [0.1, 0.15) is 41.5 Å². The highest BCUT2D eigenvalue weighted by Gasteiger charge is 2.70. The van der Waals surface area contributed by atoms with Crippen LogP contribution in [0.3, 0.4) is 0 Å². The first kappa shape index (κ1) is 28.2. The van der Waals surface area contributed by atoms with Gasteiger partial charge in [0.25, 0.3) is 23.6 Å². The van der Waals surface area contributed by atoms with E-state index in [-0.39, 0.29) is 0 Å². The Morgan fingerprint density at radius 2 is 0.667 bits per heavy atom. The molecule has 8 nitrogen and oxygen atoms in total. The summed E-state index contributed by atoms with van der Waals surface area (Å²) < 4.78 is 31.4. The SMILES string of the molecule is CC(C)(C)N1P23=NP(Cl)(Cl)=NP(Cl)(Cl)=NP1(=NP(Cl)(Cl)=NP(Cl)(Cl)=N2)N3C(C)(C)C. The van der Waals surface area contributed by atoms with Gasteiger partial charge in [0.05, 0.1) is 0 Å². The van der Waals surface area contributed by atoms with Gasteiger partial charge in [-0.15, -0.1) is 0 Å². The van der Waals surface area contributed by atoms with E-state index in [4.69, 9.17) is 108 Å². The van der Waals surface area contributed by atoms with E-state index in [0.717, 1.165) is 0 Å². The molecule has 0 aromatic carbocycles. The van der Waals surface area contributed by atoms with Crippen molar-refractivity contribution in [2.24, 2.45) is 27.1 Å². The molecule has 0 aliphatic carbocycles. The standard InChI is InChI=1S/C8H18Cl8N8P6/c1-7(2,3)23-29-19-25(9,10)17-26(11,12)20-30(23,24(29)8(4,5)6)22-28(15,16)18-27(13,14)21-29/h1-6H3. The van der Waals surface area contributed by atoms with Gasteiger partial charge >= 0.3 is 0 Å². The molecule has 30 heavy (non-hydrogen) atoms. The van der Waals surface area contributed by atoms with Gasteiger partial charge in [-0.05, 0) is 131 Å². The smallest absolute Gasteiger partial charge is 0.185 e. The molecule has 5 aliphatic heterocycles. The minimum Gasteiger partial charge on any atom is -0.185 e. The molecule has 0 radical (unpaired) electrons. The van der Waals surface area contributed by atoms with Crippen LogP contribution in [0.15, 0.2) is 27.1 Å². The Hall–Kier alpha value is 3.62. The maximum atomic E-state index is 6.55. The fraction of sp³-hybridized carbons (Fsp3) is 1.00. The summed E-state index contributed by atoms with van der Waals surface area (Å²) >= 11 is 52.4. The topological polar surface area (TPSA) is 80.6 Å². The zero-order chi connectivity index (χ0) is 23.4. The largest absolute Gasteiger partial charge is 0.257 e. The first-order chi connectivity index (χ1) is 13.0. The minimum absolute atomic E-state index is 0.610. The van der Waals surface area contributed by atoms with Gasteiger partial charge < -0.3 is 0 Å². The van der Waals surface area contributed by atoms with Crippen molar-refractivity contribution in [1.82, 2.24) is 8.88 Å². The quantitative estimate of drug-likeness (QED) is 0.236. The lowest BCUT2D eigenvalue weighted by Gasteiger charge is -2.66. The molecule has 0 unspecified atom stereocenters. The van der Waals surface area contributed by atoms with Crippen LogP contribution in [-0.4, -0.2) is 20.0 Å². The molecule has 5 heterocycles. The number of rotatable bonds is 0. The molecule has 1 saturated heterocycles. The maximum absolute atomic E-state index is 6.55. The van der Waals surface area contributed by atoms with Crippen LogP contribution in [0, 0.1) is 0 Å². The van der Waals surface area contributed by atoms with E-state index < -0.39 is 49.7 Å². The molecular formula is C8H18Cl8N8P6. The summed E-state index contributed by atoms with van der Waals surface area (Å²) in [5.41, 5.74) is -1.22. The van der Waals surface area contributed by atoms with E-state index in [1.54, 1.807) is 0 Å². The van der Waals surface area contributed by atoms with Crippen LogP contribution >= 0.6 is 129 Å². The number of halogens is 8. The number of hydrogen-bond donors (Lipinski definition) is 0. The second kappa shape index (κ2) is 8.06. The summed E-state index contributed by atoms with van der Waals surface area (Å²) in [5.74, 6) is -13.7. The van der Waals surface area contributed by atoms with Gasteiger partial charge in [0, 0.05) is 11.1 Å². The Morgan fingerprint density at radius 3 is 0.900 bits per heavy atom. The van der Waals surface area contributed by atoms with Crippen LogP contribution in [-0.2, 0) is 0 Å². The van der Waals surface area contributed by atoms with E-state index in [1.165, 1.54) is 0 Å². The van der Waals surface area contributed by atoms with Crippen molar-refractivity contribution >= 4 is 129 Å². The Balaban J connectivity index is 2.77. The lowest BCUT2D eigenvalue weighted by atomic mass is 10.1. The highest BCUT2D eigenvalue weighted by atomic mass is 35.9. The fourth-order valence-corrected chi connectivity index (χ4v) is 40.4. The zero-order valence-corrected chi connectivity index (χ0v) is 27.7. The minimum atomic E-state index is -3.42. The number of nitrogens with zero attached hydrogens (tertiary/aromatic N) is 8. The van der Waals surface area contributed by atoms with Gasteiger partial charge in [0.15, 0.2) is 0 Å². The number of hydrogen-bond acceptors (Lipinski definition) is 8. The lowest BCUT2D eigenvalue weighted by Crippen LogP contribution is -2.55. The van der Waals surface area contributed by atoms with E-state index in [2.05, 4.69) is 9.03 Å². The van der Waals surface area contributed by atoms with Crippen LogP contribution in [0.2, 0.25) is 0 Å². The van der Waals surface area contributed by atoms with Crippen molar-refractivity contribution in [3.05, 3.63) is 0 Å². The summed E-state index contributed by atoms with van der Waals surface area (Å²) in [5, 5.41) is 0. The molecule has 0 amide bonds. The van der Waals surface area contributed by atoms with E-state index >= 15 is 0 Å². The Kier molecular flexibility index (Phi) is 7.57. The van der Waals surface area contributed by atoms with Gasteiger partial charge in [-0.1, -0.05) is 0 Å². The van der Waals surface area contributed by atoms with Crippen LogP contribution in [0.5, 0.6) is 0 Å². The molecule has 0 aromatic rings. The van der Waals surface area contributed by atoms with E-state index in [1.807, 2.05) is 50.4 Å². The Labute approximate surface area is 215 Å². The average Bonchev–Trinajstić information content (AvgIpc) is 2.23. The summed E-state index contributed by atoms with van der Waals surface area (Å²) in [4.78, 5) is 0. The predicted octanol–water partition coefficient (Wildman–Crippen LogP) is 13.8.